The maximum Gasteiger partial charge on any atom is 0.450 e. The number of benzene rings is 2. The molecule has 0 unspecified atom stereocenters. The molecule has 0 aromatic heterocycles. The molecule has 8 heteroatoms. The molecule has 0 radical (unpaired) electrons. The van der Waals surface area contributed by atoms with E-state index in [1.165, 1.54) is 12.1 Å². The van der Waals surface area contributed by atoms with Gasteiger partial charge in [0, 0.05) is 5.56 Å². The number of ketones is 1. The number of hydrogen-bond donors (Lipinski definition) is 2. The van der Waals surface area contributed by atoms with Crippen molar-refractivity contribution in [2.24, 2.45) is 0 Å². The number of carbonyl (C=O) groups is 1. The average molecular weight is 320 g/mol. The van der Waals surface area contributed by atoms with E-state index in [-0.39, 0.29) is 0 Å². The SMILES string of the molecule is O=C(c1ccc2ccccc2c1)C(F)(F)C(O)(O)C(F)(F)F. The van der Waals surface area contributed by atoms with Crippen LogP contribution in [0.4, 0.5) is 22.0 Å². The Labute approximate surface area is 120 Å². The van der Waals surface area contributed by atoms with E-state index < -0.39 is 29.2 Å². The van der Waals surface area contributed by atoms with Crippen LogP contribution in [0.25, 0.3) is 10.8 Å². The van der Waals surface area contributed by atoms with Gasteiger partial charge in [0.15, 0.2) is 0 Å². The van der Waals surface area contributed by atoms with Crippen molar-refractivity contribution in [1.82, 2.24) is 0 Å². The first kappa shape index (κ1) is 16.3. The fraction of sp³-hybridized carbons (Fsp3) is 0.214. The second-order valence-electron chi connectivity index (χ2n) is 4.64. The van der Waals surface area contributed by atoms with Gasteiger partial charge in [0.2, 0.25) is 5.78 Å². The van der Waals surface area contributed by atoms with Crippen molar-refractivity contribution >= 4 is 16.6 Å². The molecule has 0 fully saturated rings. The lowest BCUT2D eigenvalue weighted by molar-refractivity contribution is -0.402. The van der Waals surface area contributed by atoms with Gasteiger partial charge in [-0.1, -0.05) is 36.4 Å². The minimum Gasteiger partial charge on any atom is -0.354 e. The van der Waals surface area contributed by atoms with Crippen LogP contribution in [0.2, 0.25) is 0 Å². The summed E-state index contributed by atoms with van der Waals surface area (Å²) in [5.41, 5.74) is -0.763. The molecule has 0 aliphatic rings. The molecule has 2 aromatic carbocycles. The summed E-state index contributed by atoms with van der Waals surface area (Å²) >= 11 is 0. The Morgan fingerprint density at radius 1 is 0.864 bits per heavy atom. The van der Waals surface area contributed by atoms with E-state index in [1.54, 1.807) is 18.2 Å². The van der Waals surface area contributed by atoms with Crippen LogP contribution >= 0.6 is 0 Å². The molecule has 0 saturated heterocycles. The molecule has 0 aliphatic carbocycles. The second-order valence-corrected chi connectivity index (χ2v) is 4.64. The summed E-state index contributed by atoms with van der Waals surface area (Å²) in [5.74, 6) is -13.2. The van der Waals surface area contributed by atoms with E-state index in [9.17, 15) is 26.7 Å². The highest BCUT2D eigenvalue weighted by molar-refractivity contribution is 6.04. The monoisotopic (exact) mass is 320 g/mol. The van der Waals surface area contributed by atoms with Gasteiger partial charge < -0.3 is 10.2 Å². The minimum absolute atomic E-state index is 0.345. The third kappa shape index (κ3) is 2.44. The third-order valence-electron chi connectivity index (χ3n) is 3.13. The van der Waals surface area contributed by atoms with Crippen molar-refractivity contribution in [2.45, 2.75) is 17.9 Å². The maximum atomic E-state index is 13.6. The molecule has 0 aliphatic heterocycles. The Morgan fingerprint density at radius 3 is 1.95 bits per heavy atom. The number of alkyl halides is 5. The Morgan fingerprint density at radius 2 is 1.41 bits per heavy atom. The molecule has 0 bridgehead atoms. The first-order valence-corrected chi connectivity index (χ1v) is 5.91. The van der Waals surface area contributed by atoms with Gasteiger partial charge in [-0.3, -0.25) is 4.79 Å². The van der Waals surface area contributed by atoms with Crippen LogP contribution in [0.5, 0.6) is 0 Å². The molecule has 3 nitrogen and oxygen atoms in total. The molecule has 2 rings (SSSR count). The smallest absolute Gasteiger partial charge is 0.354 e. The van der Waals surface area contributed by atoms with Crippen molar-refractivity contribution in [1.29, 1.82) is 0 Å². The van der Waals surface area contributed by atoms with E-state index in [2.05, 4.69) is 0 Å². The minimum atomic E-state index is -6.09. The van der Waals surface area contributed by atoms with Crippen molar-refractivity contribution in [3.05, 3.63) is 48.0 Å². The number of halogens is 5. The number of aliphatic hydroxyl groups is 2. The lowest BCUT2D eigenvalue weighted by atomic mass is 9.96. The topological polar surface area (TPSA) is 57.5 Å². The summed E-state index contributed by atoms with van der Waals surface area (Å²) < 4.78 is 64.2. The highest BCUT2D eigenvalue weighted by Crippen LogP contribution is 2.42. The van der Waals surface area contributed by atoms with Gasteiger partial charge in [-0.15, -0.1) is 0 Å². The Balaban J connectivity index is 2.48. The average Bonchev–Trinajstić information content (AvgIpc) is 2.44. The Hall–Kier alpha value is -2.06. The predicted octanol–water partition coefficient (Wildman–Crippen LogP) is 2.90. The van der Waals surface area contributed by atoms with Crippen molar-refractivity contribution < 1.29 is 37.0 Å². The molecule has 0 amide bonds. The van der Waals surface area contributed by atoms with E-state index in [0.717, 1.165) is 12.1 Å². The van der Waals surface area contributed by atoms with Crippen LogP contribution in [0.1, 0.15) is 10.4 Å². The molecule has 2 N–H and O–H groups in total. The first-order chi connectivity index (χ1) is 9.98. The van der Waals surface area contributed by atoms with Crippen LogP contribution < -0.4 is 0 Å². The summed E-state index contributed by atoms with van der Waals surface area (Å²) in [4.78, 5) is 11.6. The molecule has 22 heavy (non-hydrogen) atoms. The quantitative estimate of drug-likeness (QED) is 0.519. The van der Waals surface area contributed by atoms with E-state index in [4.69, 9.17) is 10.2 Å². The number of fused-ring (bicyclic) bond motifs is 1. The number of Topliss-reactive ketones (excluding diaryl/α,β-unsaturated/α-hetero) is 1. The Bertz CT molecular complexity index is 722. The van der Waals surface area contributed by atoms with Crippen molar-refractivity contribution in [2.75, 3.05) is 0 Å². The van der Waals surface area contributed by atoms with Crippen LogP contribution in [0, 0.1) is 0 Å². The van der Waals surface area contributed by atoms with Crippen LogP contribution in [-0.2, 0) is 0 Å². The van der Waals surface area contributed by atoms with Crippen LogP contribution in [0.3, 0.4) is 0 Å². The molecule has 0 heterocycles. The molecule has 0 atom stereocenters. The Kier molecular flexibility index (Phi) is 3.70. The largest absolute Gasteiger partial charge is 0.450 e. The van der Waals surface area contributed by atoms with Gasteiger partial charge in [0.05, 0.1) is 0 Å². The zero-order valence-corrected chi connectivity index (χ0v) is 10.7. The second kappa shape index (κ2) is 4.99. The van der Waals surface area contributed by atoms with E-state index in [1.807, 2.05) is 0 Å². The predicted molar refractivity (Wildman–Crippen MR) is 66.4 cm³/mol. The standard InChI is InChI=1S/C14H9F5O3/c15-12(16,13(21,22)14(17,18)19)11(20)10-6-5-8-3-1-2-4-9(8)7-10/h1-7,21-22H. The number of carbonyl (C=O) groups excluding carboxylic acids is 1. The number of hydrogen-bond acceptors (Lipinski definition) is 3. The molecule has 2 aromatic rings. The highest BCUT2D eigenvalue weighted by Gasteiger charge is 2.72. The summed E-state index contributed by atoms with van der Waals surface area (Å²) in [6.45, 7) is 0. The van der Waals surface area contributed by atoms with E-state index in [0.29, 0.717) is 10.8 Å². The van der Waals surface area contributed by atoms with Crippen molar-refractivity contribution in [3.8, 4) is 0 Å². The number of rotatable bonds is 3. The molecule has 0 saturated carbocycles. The zero-order chi connectivity index (χ0) is 16.8. The van der Waals surface area contributed by atoms with Crippen LogP contribution in [0.15, 0.2) is 42.5 Å². The van der Waals surface area contributed by atoms with Gasteiger partial charge in [0.25, 0.3) is 0 Å². The molecular weight excluding hydrogens is 311 g/mol. The maximum absolute atomic E-state index is 13.6. The van der Waals surface area contributed by atoms with Gasteiger partial charge >= 0.3 is 17.9 Å². The molecular formula is C14H9F5O3. The van der Waals surface area contributed by atoms with Gasteiger partial charge in [-0.05, 0) is 16.8 Å². The molecule has 118 valence electrons. The summed E-state index contributed by atoms with van der Waals surface area (Å²) in [6, 6.07) is 9.39. The third-order valence-corrected chi connectivity index (χ3v) is 3.13. The summed E-state index contributed by atoms with van der Waals surface area (Å²) in [5, 5.41) is 18.3. The van der Waals surface area contributed by atoms with E-state index >= 15 is 0 Å². The van der Waals surface area contributed by atoms with Gasteiger partial charge in [-0.25, -0.2) is 0 Å². The fourth-order valence-electron chi connectivity index (χ4n) is 1.85. The van der Waals surface area contributed by atoms with Crippen molar-refractivity contribution in [3.63, 3.8) is 0 Å². The zero-order valence-electron chi connectivity index (χ0n) is 10.7. The molecule has 0 spiro atoms. The normalized spacial score (nSPS) is 13.4. The van der Waals surface area contributed by atoms with Crippen LogP contribution in [-0.4, -0.2) is 33.9 Å². The first-order valence-electron chi connectivity index (χ1n) is 5.91. The summed E-state index contributed by atoms with van der Waals surface area (Å²) in [7, 11) is 0. The summed E-state index contributed by atoms with van der Waals surface area (Å²) in [6.07, 6.45) is -6.09. The highest BCUT2D eigenvalue weighted by atomic mass is 19.4. The lowest BCUT2D eigenvalue weighted by Crippen LogP contribution is -2.62. The fourth-order valence-corrected chi connectivity index (χ4v) is 1.85. The van der Waals surface area contributed by atoms with Gasteiger partial charge in [0.1, 0.15) is 0 Å². The van der Waals surface area contributed by atoms with Gasteiger partial charge in [-0.2, -0.15) is 22.0 Å². The lowest BCUT2D eigenvalue weighted by Gasteiger charge is -2.31.